The van der Waals surface area contributed by atoms with Gasteiger partial charge in [-0.15, -0.1) is 34.0 Å². The van der Waals surface area contributed by atoms with Crippen molar-refractivity contribution in [3.8, 4) is 9.75 Å². The lowest BCUT2D eigenvalue weighted by atomic mass is 9.64. The number of aliphatic imine (C=N–C) groups is 2. The molecule has 3 aromatic heterocycles. The normalized spacial score (nSPS) is 29.3. The van der Waals surface area contributed by atoms with Gasteiger partial charge in [0.05, 0.1) is 24.9 Å². The highest BCUT2D eigenvalue weighted by molar-refractivity contribution is 7.33. The molecule has 59 heavy (non-hydrogen) atoms. The van der Waals surface area contributed by atoms with Crippen LogP contribution in [0.5, 0.6) is 0 Å². The van der Waals surface area contributed by atoms with Crippen LogP contribution in [0.4, 0.5) is 5.00 Å². The molecule has 298 valence electrons. The van der Waals surface area contributed by atoms with Gasteiger partial charge in [0, 0.05) is 44.2 Å². The number of allylic oxidation sites excluding steroid dienone is 1. The van der Waals surface area contributed by atoms with E-state index in [4.69, 9.17) is 9.98 Å². The fraction of sp³-hybridized carbons (Fsp3) is 0.460. The fourth-order valence-corrected chi connectivity index (χ4v) is 18.1. The number of aliphatic hydroxyl groups is 1. The van der Waals surface area contributed by atoms with Crippen molar-refractivity contribution in [3.05, 3.63) is 80.9 Å². The molecule has 5 saturated carbocycles. The number of Topliss-reactive ketones (excluding diaryl/α,β-unsaturated/α-hetero) is 3. The number of nitrogens with zero attached hydrogens (tertiary/aromatic N) is 2. The number of aliphatic hydroxyl groups excluding tert-OH is 1. The molecule has 8 aliphatic rings. The number of benzene rings is 2. The van der Waals surface area contributed by atoms with Crippen molar-refractivity contribution in [2.24, 2.45) is 33.7 Å². The van der Waals surface area contributed by atoms with Crippen molar-refractivity contribution in [1.82, 2.24) is 0 Å². The minimum atomic E-state index is -1.05. The Morgan fingerprint density at radius 1 is 0.661 bits per heavy atom. The topological polar surface area (TPSA) is 96.2 Å². The zero-order valence-electron chi connectivity index (χ0n) is 33.1. The number of hydrogen-bond acceptors (Lipinski definition) is 9. The van der Waals surface area contributed by atoms with Gasteiger partial charge in [0.15, 0.2) is 11.6 Å². The van der Waals surface area contributed by atoms with Crippen LogP contribution >= 0.6 is 34.0 Å². The zero-order chi connectivity index (χ0) is 39.4. The van der Waals surface area contributed by atoms with E-state index < -0.39 is 6.10 Å². The van der Waals surface area contributed by atoms with E-state index in [1.54, 1.807) is 11.3 Å². The van der Waals surface area contributed by atoms with E-state index in [2.05, 4.69) is 12.1 Å². The monoisotopic (exact) mass is 834 g/mol. The van der Waals surface area contributed by atoms with Gasteiger partial charge in [-0.2, -0.15) is 0 Å². The van der Waals surface area contributed by atoms with Gasteiger partial charge in [0.2, 0.25) is 5.78 Å². The summed E-state index contributed by atoms with van der Waals surface area (Å²) >= 11 is 5.54. The molecule has 3 heterocycles. The predicted octanol–water partition coefficient (Wildman–Crippen LogP) is 12.4. The summed E-state index contributed by atoms with van der Waals surface area (Å²) in [5.41, 5.74) is 6.55. The highest BCUT2D eigenvalue weighted by Gasteiger charge is 2.55. The molecule has 5 unspecified atom stereocenters. The summed E-state index contributed by atoms with van der Waals surface area (Å²) < 4.78 is 2.80. The van der Waals surface area contributed by atoms with E-state index in [1.807, 2.05) is 59.1 Å². The number of ketones is 3. The van der Waals surface area contributed by atoms with Crippen LogP contribution in [0.2, 0.25) is 0 Å². The molecule has 8 aliphatic carbocycles. The summed E-state index contributed by atoms with van der Waals surface area (Å²) in [4.78, 5) is 56.2. The van der Waals surface area contributed by atoms with Crippen LogP contribution in [0.3, 0.4) is 0 Å². The minimum absolute atomic E-state index is 0.0272. The Labute approximate surface area is 355 Å². The van der Waals surface area contributed by atoms with Crippen molar-refractivity contribution >= 4 is 94.0 Å². The van der Waals surface area contributed by atoms with E-state index >= 15 is 0 Å². The Balaban J connectivity index is 0.903. The quantitative estimate of drug-likeness (QED) is 0.192. The van der Waals surface area contributed by atoms with Crippen molar-refractivity contribution in [3.63, 3.8) is 0 Å². The van der Waals surface area contributed by atoms with Gasteiger partial charge < -0.3 is 5.11 Å². The second-order valence-electron chi connectivity index (χ2n) is 19.1. The number of carbonyl (C=O) groups is 3. The molecule has 2 spiro atoms. The molecule has 9 heteroatoms. The third kappa shape index (κ3) is 4.85. The maximum absolute atomic E-state index is 14.1. The maximum atomic E-state index is 14.1. The summed E-state index contributed by atoms with van der Waals surface area (Å²) in [5, 5.41) is 14.3. The van der Waals surface area contributed by atoms with Crippen LogP contribution in [-0.4, -0.2) is 33.9 Å². The number of thiophene rings is 3. The SMILES string of the molecule is O=C1C(=Nc2cc3c(s2)-c2sc4c5c(sc4c2C32CCCCC2)C=C(N=C2C(=O)C3CC4CCCCC4CC3C2=O)C52CCCCC2)C(O)c2cc3ccccc3cc21. The summed E-state index contributed by atoms with van der Waals surface area (Å²) in [6, 6.07) is 14.1. The molecule has 5 atom stereocenters. The Hall–Kier alpha value is -3.89. The molecule has 0 radical (unpaired) electrons. The van der Waals surface area contributed by atoms with Crippen LogP contribution in [0.15, 0.2) is 58.1 Å². The first-order valence-corrected chi connectivity index (χ1v) is 24.8. The Bertz CT molecular complexity index is 2780. The van der Waals surface area contributed by atoms with E-state index in [0.717, 1.165) is 72.8 Å². The average Bonchev–Trinajstić information content (AvgIpc) is 4.11. The predicted molar refractivity (Wildman–Crippen MR) is 239 cm³/mol. The lowest BCUT2D eigenvalue weighted by Gasteiger charge is -2.39. The molecule has 6 nitrogen and oxygen atoms in total. The summed E-state index contributed by atoms with van der Waals surface area (Å²) in [6.45, 7) is 0. The van der Waals surface area contributed by atoms with Crippen LogP contribution in [0.1, 0.15) is 146 Å². The number of carbonyl (C=O) groups excluding carboxylic acids is 3. The van der Waals surface area contributed by atoms with Gasteiger partial charge in [0.1, 0.15) is 22.5 Å². The lowest BCUT2D eigenvalue weighted by molar-refractivity contribution is -0.123. The molecular formula is C50H46N2O4S3. The minimum Gasteiger partial charge on any atom is -0.382 e. The van der Waals surface area contributed by atoms with E-state index in [0.29, 0.717) is 23.0 Å². The zero-order valence-corrected chi connectivity index (χ0v) is 35.6. The summed E-state index contributed by atoms with van der Waals surface area (Å²) in [6.07, 6.45) is 19.1. The first-order chi connectivity index (χ1) is 28.8. The Morgan fingerprint density at radius 3 is 2.00 bits per heavy atom. The number of hydrogen-bond donors (Lipinski definition) is 1. The van der Waals surface area contributed by atoms with Crippen molar-refractivity contribution in [2.75, 3.05) is 0 Å². The lowest BCUT2D eigenvalue weighted by Crippen LogP contribution is -2.35. The molecule has 5 fully saturated rings. The van der Waals surface area contributed by atoms with E-state index in [-0.39, 0.29) is 51.4 Å². The average molecular weight is 835 g/mol. The summed E-state index contributed by atoms with van der Waals surface area (Å²) in [5.74, 6) is 0.712. The highest BCUT2D eigenvalue weighted by Crippen LogP contribution is 2.67. The fourth-order valence-electron chi connectivity index (χ4n) is 13.5. The van der Waals surface area contributed by atoms with Crippen molar-refractivity contribution in [2.45, 2.75) is 120 Å². The van der Waals surface area contributed by atoms with Crippen LogP contribution in [-0.2, 0) is 20.4 Å². The van der Waals surface area contributed by atoms with Crippen molar-refractivity contribution < 1.29 is 19.5 Å². The van der Waals surface area contributed by atoms with Gasteiger partial charge in [0.25, 0.3) is 0 Å². The Kier molecular flexibility index (Phi) is 7.79. The molecule has 2 aromatic carbocycles. The Morgan fingerprint density at radius 2 is 1.31 bits per heavy atom. The highest BCUT2D eigenvalue weighted by atomic mass is 32.1. The molecule has 0 bridgehead atoms. The van der Waals surface area contributed by atoms with Gasteiger partial charge >= 0.3 is 0 Å². The van der Waals surface area contributed by atoms with E-state index in [1.165, 1.54) is 92.1 Å². The maximum Gasteiger partial charge on any atom is 0.210 e. The molecule has 0 aliphatic heterocycles. The second-order valence-corrected chi connectivity index (χ2v) is 22.2. The van der Waals surface area contributed by atoms with Crippen molar-refractivity contribution in [1.29, 1.82) is 0 Å². The molecule has 5 aromatic rings. The van der Waals surface area contributed by atoms with Crippen LogP contribution in [0, 0.1) is 23.7 Å². The first-order valence-electron chi connectivity index (χ1n) is 22.3. The molecule has 13 rings (SSSR count). The van der Waals surface area contributed by atoms with Gasteiger partial charge in [-0.05, 0) is 96.5 Å². The van der Waals surface area contributed by atoms with Crippen LogP contribution in [0.25, 0.3) is 36.0 Å². The molecule has 0 amide bonds. The molecule has 0 saturated heterocycles. The van der Waals surface area contributed by atoms with Gasteiger partial charge in [-0.25, -0.2) is 9.98 Å². The standard InChI is InChI=1S/C50H46N2O4S3/c53-41-29-19-25-11-3-4-12-26(25)20-30(29)42(54)39(41)51-35-24-34-37(50(35)17-9-2-10-18-50)46-48(57-34)38-47(59-46)45-33(49(38)15-7-1-8-16-49)23-36(58-45)52-40-43(55)31-21-27-13-5-6-14-28(27)22-32(31)44(40)56/h5-6,13-14,21-26,29-30,43,55H,1-4,7-12,15-20H2. The van der Waals surface area contributed by atoms with Gasteiger partial charge in [-0.3, -0.25) is 14.4 Å². The molecule has 1 N–H and O–H groups in total. The first kappa shape index (κ1) is 35.8. The third-order valence-electron chi connectivity index (χ3n) is 16.3. The largest absolute Gasteiger partial charge is 0.382 e. The number of rotatable bonds is 2. The number of fused-ring (bicyclic) bond motifs is 14. The second kappa shape index (κ2) is 12.8. The smallest absolute Gasteiger partial charge is 0.210 e. The molecular weight excluding hydrogens is 789 g/mol. The third-order valence-corrected chi connectivity index (χ3v) is 20.0. The van der Waals surface area contributed by atoms with Gasteiger partial charge in [-0.1, -0.05) is 88.5 Å². The summed E-state index contributed by atoms with van der Waals surface area (Å²) in [7, 11) is 0. The van der Waals surface area contributed by atoms with Crippen LogP contribution < -0.4 is 0 Å². The van der Waals surface area contributed by atoms with E-state index in [9.17, 15) is 19.5 Å².